The molecule has 2 heterocycles. The van der Waals surface area contributed by atoms with Gasteiger partial charge in [0.2, 0.25) is 5.95 Å². The van der Waals surface area contributed by atoms with Gasteiger partial charge in [0.1, 0.15) is 5.69 Å². The second kappa shape index (κ2) is 7.49. The minimum Gasteiger partial charge on any atom is -0.465 e. The summed E-state index contributed by atoms with van der Waals surface area (Å²) in [6.45, 7) is 0. The monoisotopic (exact) mass is 355 g/mol. The van der Waals surface area contributed by atoms with E-state index in [0.717, 1.165) is 0 Å². The van der Waals surface area contributed by atoms with Crippen LogP contribution in [0.3, 0.4) is 0 Å². The predicted octanol–water partition coefficient (Wildman–Crippen LogP) is 2.72. The molecular weight excluding hydrogens is 342 g/mol. The number of hydrogen-bond acceptors (Lipinski definition) is 8. The lowest BCUT2D eigenvalue weighted by atomic mass is 10.2. The molecule has 0 bridgehead atoms. The number of aromatic nitrogens is 3. The Bertz CT molecular complexity index is 880. The van der Waals surface area contributed by atoms with E-state index in [1.807, 2.05) is 0 Å². The summed E-state index contributed by atoms with van der Waals surface area (Å²) in [7, 11) is 1.31. The molecule has 1 amide bonds. The van der Waals surface area contributed by atoms with E-state index in [4.69, 9.17) is 0 Å². The number of amides is 1. The molecule has 9 heteroatoms. The van der Waals surface area contributed by atoms with Crippen LogP contribution in [0, 0.1) is 0 Å². The van der Waals surface area contributed by atoms with Gasteiger partial charge in [-0.15, -0.1) is 11.3 Å². The highest BCUT2D eigenvalue weighted by Crippen LogP contribution is 2.19. The molecule has 0 radical (unpaired) electrons. The summed E-state index contributed by atoms with van der Waals surface area (Å²) in [6.07, 6.45) is 3.21. The summed E-state index contributed by atoms with van der Waals surface area (Å²) in [5, 5.41) is 7.78. The molecule has 2 aromatic heterocycles. The molecular formula is C16H13N5O3S. The Morgan fingerprint density at radius 2 is 1.84 bits per heavy atom. The van der Waals surface area contributed by atoms with Crippen LogP contribution in [0.5, 0.6) is 0 Å². The molecule has 3 aromatic rings. The fourth-order valence-corrected chi connectivity index (χ4v) is 2.58. The van der Waals surface area contributed by atoms with Gasteiger partial charge in [-0.05, 0) is 30.3 Å². The molecule has 2 N–H and O–H groups in total. The van der Waals surface area contributed by atoms with Crippen LogP contribution in [0.25, 0.3) is 0 Å². The van der Waals surface area contributed by atoms with Crippen LogP contribution in [0.2, 0.25) is 0 Å². The fourth-order valence-electron chi connectivity index (χ4n) is 1.90. The maximum Gasteiger partial charge on any atom is 0.337 e. The molecule has 0 fully saturated rings. The van der Waals surface area contributed by atoms with Gasteiger partial charge < -0.3 is 15.4 Å². The van der Waals surface area contributed by atoms with Crippen molar-refractivity contribution in [3.63, 3.8) is 0 Å². The van der Waals surface area contributed by atoms with Crippen molar-refractivity contribution in [2.45, 2.75) is 0 Å². The largest absolute Gasteiger partial charge is 0.465 e. The number of benzene rings is 1. The quantitative estimate of drug-likeness (QED) is 0.678. The van der Waals surface area contributed by atoms with Crippen molar-refractivity contribution in [3.8, 4) is 0 Å². The molecule has 126 valence electrons. The molecule has 0 saturated heterocycles. The van der Waals surface area contributed by atoms with Crippen molar-refractivity contribution < 1.29 is 14.3 Å². The maximum absolute atomic E-state index is 12.2. The molecule has 8 nitrogen and oxygen atoms in total. The lowest BCUT2D eigenvalue weighted by Crippen LogP contribution is -2.12. The predicted molar refractivity (Wildman–Crippen MR) is 93.2 cm³/mol. The normalized spacial score (nSPS) is 10.1. The van der Waals surface area contributed by atoms with Crippen LogP contribution in [0.4, 0.5) is 16.8 Å². The Balaban J connectivity index is 1.64. The fraction of sp³-hybridized carbons (Fsp3) is 0.0625. The zero-order chi connectivity index (χ0) is 17.6. The molecule has 0 atom stereocenters. The molecule has 3 rings (SSSR count). The highest BCUT2D eigenvalue weighted by atomic mass is 32.1. The molecule has 0 aliphatic heterocycles. The van der Waals surface area contributed by atoms with Gasteiger partial charge in [-0.25, -0.2) is 19.7 Å². The van der Waals surface area contributed by atoms with E-state index in [0.29, 0.717) is 22.3 Å². The summed E-state index contributed by atoms with van der Waals surface area (Å²) >= 11 is 1.27. The average molecular weight is 355 g/mol. The third-order valence-corrected chi connectivity index (χ3v) is 3.84. The minimum absolute atomic E-state index is 0.264. The third-order valence-electron chi connectivity index (χ3n) is 3.09. The molecule has 0 aliphatic rings. The third kappa shape index (κ3) is 4.15. The van der Waals surface area contributed by atoms with Gasteiger partial charge in [-0.2, -0.15) is 0 Å². The number of rotatable bonds is 5. The van der Waals surface area contributed by atoms with E-state index < -0.39 is 5.97 Å². The van der Waals surface area contributed by atoms with E-state index in [9.17, 15) is 9.59 Å². The van der Waals surface area contributed by atoms with Gasteiger partial charge in [-0.1, -0.05) is 0 Å². The van der Waals surface area contributed by atoms with Gasteiger partial charge in [0, 0.05) is 23.5 Å². The highest BCUT2D eigenvalue weighted by Gasteiger charge is 2.12. The van der Waals surface area contributed by atoms with Gasteiger partial charge in [0.15, 0.2) is 5.13 Å². The van der Waals surface area contributed by atoms with Crippen molar-refractivity contribution in [1.29, 1.82) is 0 Å². The number of carbonyl (C=O) groups is 2. The number of nitrogens with one attached hydrogen (secondary N) is 2. The van der Waals surface area contributed by atoms with E-state index in [2.05, 4.69) is 30.3 Å². The van der Waals surface area contributed by atoms with Crippen LogP contribution < -0.4 is 10.6 Å². The summed E-state index contributed by atoms with van der Waals surface area (Å²) in [6, 6.07) is 8.09. The number of anilines is 3. The lowest BCUT2D eigenvalue weighted by molar-refractivity contribution is 0.0600. The van der Waals surface area contributed by atoms with Crippen LogP contribution in [-0.2, 0) is 4.74 Å². The van der Waals surface area contributed by atoms with Crippen molar-refractivity contribution >= 4 is 40.0 Å². The Morgan fingerprint density at radius 3 is 2.52 bits per heavy atom. The smallest absolute Gasteiger partial charge is 0.337 e. The minimum atomic E-state index is -0.434. The first-order chi connectivity index (χ1) is 12.2. The maximum atomic E-state index is 12.2. The van der Waals surface area contributed by atoms with Crippen molar-refractivity contribution in [2.75, 3.05) is 17.7 Å². The number of methoxy groups -OCH3 is 1. The van der Waals surface area contributed by atoms with Crippen molar-refractivity contribution in [1.82, 2.24) is 15.0 Å². The van der Waals surface area contributed by atoms with E-state index in [1.165, 1.54) is 18.4 Å². The van der Waals surface area contributed by atoms with Crippen LogP contribution in [0.1, 0.15) is 20.8 Å². The summed E-state index contributed by atoms with van der Waals surface area (Å²) in [5.41, 5.74) is 1.22. The molecule has 1 aromatic carbocycles. The Kier molecular flexibility index (Phi) is 4.95. The zero-order valence-electron chi connectivity index (χ0n) is 13.1. The molecule has 0 unspecified atom stereocenters. The first kappa shape index (κ1) is 16.5. The van der Waals surface area contributed by atoms with Crippen molar-refractivity contribution in [2.24, 2.45) is 0 Å². The van der Waals surface area contributed by atoms with Gasteiger partial charge in [0.25, 0.3) is 5.91 Å². The Hall–Kier alpha value is -3.33. The number of carbonyl (C=O) groups excluding carboxylic acids is 2. The molecule has 0 spiro atoms. The summed E-state index contributed by atoms with van der Waals surface area (Å²) in [5.74, 6) is -0.387. The van der Waals surface area contributed by atoms with Gasteiger partial charge >= 0.3 is 5.97 Å². The van der Waals surface area contributed by atoms with Crippen LogP contribution >= 0.6 is 11.3 Å². The van der Waals surface area contributed by atoms with Gasteiger partial charge in [0.05, 0.1) is 12.7 Å². The molecule has 25 heavy (non-hydrogen) atoms. The number of ether oxygens (including phenoxy) is 1. The summed E-state index contributed by atoms with van der Waals surface area (Å²) < 4.78 is 4.63. The zero-order valence-corrected chi connectivity index (χ0v) is 13.9. The van der Waals surface area contributed by atoms with Crippen LogP contribution in [-0.4, -0.2) is 33.9 Å². The van der Waals surface area contributed by atoms with Gasteiger partial charge in [-0.3, -0.25) is 4.79 Å². The summed E-state index contributed by atoms with van der Waals surface area (Å²) in [4.78, 5) is 35.9. The van der Waals surface area contributed by atoms with E-state index in [1.54, 1.807) is 48.1 Å². The Labute approximate surface area is 146 Å². The van der Waals surface area contributed by atoms with E-state index >= 15 is 0 Å². The first-order valence-electron chi connectivity index (χ1n) is 7.15. The first-order valence-corrected chi connectivity index (χ1v) is 8.03. The number of nitrogens with zero attached hydrogens (tertiary/aromatic N) is 3. The highest BCUT2D eigenvalue weighted by molar-refractivity contribution is 7.14. The molecule has 0 saturated carbocycles. The topological polar surface area (TPSA) is 106 Å². The Morgan fingerprint density at radius 1 is 1.12 bits per heavy atom. The lowest BCUT2D eigenvalue weighted by Gasteiger charge is -2.04. The number of esters is 1. The second-order valence-corrected chi connectivity index (χ2v) is 5.62. The number of hydrogen-bond donors (Lipinski definition) is 2. The molecule has 0 aliphatic carbocycles. The van der Waals surface area contributed by atoms with Crippen molar-refractivity contribution in [3.05, 3.63) is 59.4 Å². The van der Waals surface area contributed by atoms with Crippen LogP contribution in [0.15, 0.2) is 48.1 Å². The number of thiazole rings is 1. The average Bonchev–Trinajstić information content (AvgIpc) is 3.11. The second-order valence-electron chi connectivity index (χ2n) is 4.76. The SMILES string of the molecule is COC(=O)c1ccc(NC(=O)c2csc(Nc3ncccn3)n2)cc1. The standard InChI is InChI=1S/C16H13N5O3S/c1-24-14(23)10-3-5-11(6-4-10)19-13(22)12-9-25-16(20-12)21-15-17-7-2-8-18-15/h2-9H,1H3,(H,19,22)(H,17,18,20,21). The van der Waals surface area contributed by atoms with E-state index in [-0.39, 0.29) is 11.6 Å².